The molecule has 2 rings (SSSR count). The van der Waals surface area contributed by atoms with Crippen LogP contribution in [0.4, 0.5) is 0 Å². The number of nitrogens with one attached hydrogen (secondary N) is 1. The van der Waals surface area contributed by atoms with Crippen LogP contribution in [0.2, 0.25) is 0 Å². The van der Waals surface area contributed by atoms with E-state index >= 15 is 0 Å². The molecule has 0 aliphatic carbocycles. The van der Waals surface area contributed by atoms with Gasteiger partial charge in [0.05, 0.1) is 24.3 Å². The van der Waals surface area contributed by atoms with Gasteiger partial charge in [-0.05, 0) is 34.5 Å². The predicted octanol–water partition coefficient (Wildman–Crippen LogP) is 2.13. The largest absolute Gasteiger partial charge is 0.503 e. The standard InChI is InChI=1S/C12H16BrNO3/c1-7-5-8(16-2)12(15)11(13)10(7)9-6-14-3-4-17-9/h5,9,14-15H,3-4,6H2,1-2H3. The minimum Gasteiger partial charge on any atom is -0.503 e. The van der Waals surface area contributed by atoms with Crippen LogP contribution in [0.1, 0.15) is 17.2 Å². The molecular formula is C12H16BrNO3. The minimum atomic E-state index is -0.0325. The molecule has 1 atom stereocenters. The van der Waals surface area contributed by atoms with Crippen molar-refractivity contribution in [1.82, 2.24) is 5.32 Å². The SMILES string of the molecule is COc1cc(C)c(C2CNCCO2)c(Br)c1O. The fourth-order valence-electron chi connectivity index (χ4n) is 2.05. The molecule has 1 heterocycles. The molecule has 2 N–H and O–H groups in total. The van der Waals surface area contributed by atoms with Crippen molar-refractivity contribution in [3.8, 4) is 11.5 Å². The number of benzene rings is 1. The minimum absolute atomic E-state index is 0.0325. The van der Waals surface area contributed by atoms with E-state index in [-0.39, 0.29) is 11.9 Å². The number of methoxy groups -OCH3 is 1. The molecule has 0 bridgehead atoms. The lowest BCUT2D eigenvalue weighted by molar-refractivity contribution is 0.0267. The Bertz CT molecular complexity index is 417. The number of aromatic hydroxyl groups is 1. The normalized spacial score (nSPS) is 20.3. The van der Waals surface area contributed by atoms with Crippen molar-refractivity contribution in [2.24, 2.45) is 0 Å². The fraction of sp³-hybridized carbons (Fsp3) is 0.500. The van der Waals surface area contributed by atoms with Crippen molar-refractivity contribution in [3.05, 3.63) is 21.7 Å². The summed E-state index contributed by atoms with van der Waals surface area (Å²) in [4.78, 5) is 0. The van der Waals surface area contributed by atoms with Gasteiger partial charge in [-0.25, -0.2) is 0 Å². The first-order valence-electron chi connectivity index (χ1n) is 5.53. The third kappa shape index (κ3) is 2.41. The van der Waals surface area contributed by atoms with Gasteiger partial charge >= 0.3 is 0 Å². The highest BCUT2D eigenvalue weighted by Gasteiger charge is 2.23. The summed E-state index contributed by atoms with van der Waals surface area (Å²) in [6, 6.07) is 1.83. The van der Waals surface area contributed by atoms with E-state index in [9.17, 15) is 5.11 Å². The summed E-state index contributed by atoms with van der Waals surface area (Å²) >= 11 is 3.42. The summed E-state index contributed by atoms with van der Waals surface area (Å²) in [6.45, 7) is 4.30. The van der Waals surface area contributed by atoms with E-state index in [1.807, 2.05) is 13.0 Å². The lowest BCUT2D eigenvalue weighted by Gasteiger charge is -2.27. The third-order valence-electron chi connectivity index (χ3n) is 2.92. The maximum Gasteiger partial charge on any atom is 0.172 e. The molecule has 0 aromatic heterocycles. The van der Waals surface area contributed by atoms with Gasteiger partial charge in [-0.15, -0.1) is 0 Å². The van der Waals surface area contributed by atoms with E-state index < -0.39 is 0 Å². The Morgan fingerprint density at radius 3 is 2.94 bits per heavy atom. The quantitative estimate of drug-likeness (QED) is 0.879. The summed E-state index contributed by atoms with van der Waals surface area (Å²) < 4.78 is 11.5. The second kappa shape index (κ2) is 5.25. The van der Waals surface area contributed by atoms with E-state index in [4.69, 9.17) is 9.47 Å². The van der Waals surface area contributed by atoms with Crippen LogP contribution in [-0.2, 0) is 4.74 Å². The molecule has 0 amide bonds. The van der Waals surface area contributed by atoms with Crippen LogP contribution >= 0.6 is 15.9 Å². The average Bonchev–Trinajstić information content (AvgIpc) is 2.35. The lowest BCUT2D eigenvalue weighted by atomic mass is 10.0. The maximum atomic E-state index is 9.99. The molecule has 0 radical (unpaired) electrons. The smallest absolute Gasteiger partial charge is 0.172 e. The molecule has 1 aliphatic rings. The second-order valence-corrected chi connectivity index (χ2v) is 4.83. The van der Waals surface area contributed by atoms with Gasteiger partial charge in [0, 0.05) is 18.7 Å². The van der Waals surface area contributed by atoms with E-state index in [1.54, 1.807) is 7.11 Å². The van der Waals surface area contributed by atoms with Crippen LogP contribution in [0.3, 0.4) is 0 Å². The highest BCUT2D eigenvalue weighted by Crippen LogP contribution is 2.42. The Labute approximate surface area is 109 Å². The summed E-state index contributed by atoms with van der Waals surface area (Å²) in [5.74, 6) is 0.601. The molecule has 5 heteroatoms. The van der Waals surface area contributed by atoms with Crippen LogP contribution in [-0.4, -0.2) is 31.9 Å². The summed E-state index contributed by atoms with van der Waals surface area (Å²) in [5, 5.41) is 13.3. The van der Waals surface area contributed by atoms with Crippen molar-refractivity contribution in [2.75, 3.05) is 26.8 Å². The zero-order chi connectivity index (χ0) is 12.4. The molecule has 0 spiro atoms. The first kappa shape index (κ1) is 12.7. The average molecular weight is 302 g/mol. The topological polar surface area (TPSA) is 50.7 Å². The number of phenolic OH excluding ortho intramolecular Hbond substituents is 1. The molecule has 1 unspecified atom stereocenters. The van der Waals surface area contributed by atoms with E-state index in [0.717, 1.165) is 24.2 Å². The van der Waals surface area contributed by atoms with Crippen LogP contribution in [0.25, 0.3) is 0 Å². The Morgan fingerprint density at radius 1 is 1.59 bits per heavy atom. The summed E-state index contributed by atoms with van der Waals surface area (Å²) in [5.41, 5.74) is 2.02. The molecule has 94 valence electrons. The Morgan fingerprint density at radius 2 is 2.35 bits per heavy atom. The molecule has 17 heavy (non-hydrogen) atoms. The van der Waals surface area contributed by atoms with E-state index in [1.165, 1.54) is 0 Å². The Hall–Kier alpha value is -0.780. The van der Waals surface area contributed by atoms with Crippen molar-refractivity contribution < 1.29 is 14.6 Å². The second-order valence-electron chi connectivity index (χ2n) is 4.04. The maximum absolute atomic E-state index is 9.99. The molecule has 1 aromatic carbocycles. The van der Waals surface area contributed by atoms with Gasteiger partial charge in [0.2, 0.25) is 0 Å². The van der Waals surface area contributed by atoms with Gasteiger partial charge in [-0.1, -0.05) is 0 Å². The van der Waals surface area contributed by atoms with Gasteiger partial charge in [0.15, 0.2) is 11.5 Å². The van der Waals surface area contributed by atoms with Crippen LogP contribution in [0, 0.1) is 6.92 Å². The van der Waals surface area contributed by atoms with Crippen molar-refractivity contribution in [3.63, 3.8) is 0 Å². The number of morpholine rings is 1. The molecule has 1 saturated heterocycles. The van der Waals surface area contributed by atoms with Crippen molar-refractivity contribution in [2.45, 2.75) is 13.0 Å². The summed E-state index contributed by atoms with van der Waals surface area (Å²) in [7, 11) is 1.54. The Kier molecular flexibility index (Phi) is 3.91. The van der Waals surface area contributed by atoms with Crippen LogP contribution in [0.15, 0.2) is 10.5 Å². The first-order chi connectivity index (χ1) is 8.15. The summed E-state index contributed by atoms with van der Waals surface area (Å²) in [6.07, 6.45) is -0.0325. The number of ether oxygens (including phenoxy) is 2. The van der Waals surface area contributed by atoms with Gasteiger partial charge < -0.3 is 19.9 Å². The highest BCUT2D eigenvalue weighted by molar-refractivity contribution is 9.10. The van der Waals surface area contributed by atoms with E-state index in [2.05, 4.69) is 21.2 Å². The molecule has 1 aromatic rings. The molecular weight excluding hydrogens is 286 g/mol. The van der Waals surface area contributed by atoms with Crippen LogP contribution in [0.5, 0.6) is 11.5 Å². The number of rotatable bonds is 2. The number of phenols is 1. The number of hydrogen-bond acceptors (Lipinski definition) is 4. The highest BCUT2D eigenvalue weighted by atomic mass is 79.9. The lowest BCUT2D eigenvalue weighted by Crippen LogP contribution is -2.33. The molecule has 4 nitrogen and oxygen atoms in total. The number of hydrogen-bond donors (Lipinski definition) is 2. The fourth-order valence-corrected chi connectivity index (χ4v) is 2.82. The van der Waals surface area contributed by atoms with Gasteiger partial charge in [-0.3, -0.25) is 0 Å². The van der Waals surface area contributed by atoms with Crippen molar-refractivity contribution >= 4 is 15.9 Å². The van der Waals surface area contributed by atoms with Crippen molar-refractivity contribution in [1.29, 1.82) is 0 Å². The van der Waals surface area contributed by atoms with E-state index in [0.29, 0.717) is 16.8 Å². The first-order valence-corrected chi connectivity index (χ1v) is 6.32. The predicted molar refractivity (Wildman–Crippen MR) is 68.7 cm³/mol. The van der Waals surface area contributed by atoms with Crippen LogP contribution < -0.4 is 10.1 Å². The zero-order valence-corrected chi connectivity index (χ0v) is 11.5. The van der Waals surface area contributed by atoms with Gasteiger partial charge in [0.25, 0.3) is 0 Å². The van der Waals surface area contributed by atoms with Gasteiger partial charge in [-0.2, -0.15) is 0 Å². The molecule has 1 fully saturated rings. The van der Waals surface area contributed by atoms with Gasteiger partial charge in [0.1, 0.15) is 0 Å². The monoisotopic (exact) mass is 301 g/mol. The Balaban J connectivity index is 2.42. The third-order valence-corrected chi connectivity index (χ3v) is 3.72. The molecule has 0 saturated carbocycles. The zero-order valence-electron chi connectivity index (χ0n) is 9.92. The molecule has 1 aliphatic heterocycles. The number of aryl methyl sites for hydroxylation is 1. The number of halogens is 1.